The number of hydrogen-bond donors (Lipinski definition) is 3. The second kappa shape index (κ2) is 9.51. The Hall–Kier alpha value is -3.94. The third kappa shape index (κ3) is 5.32. The number of aromatic nitrogens is 1. The molecule has 3 N–H and O–H groups in total. The van der Waals surface area contributed by atoms with Gasteiger partial charge >= 0.3 is 6.03 Å². The van der Waals surface area contributed by atoms with E-state index >= 15 is 0 Å². The van der Waals surface area contributed by atoms with E-state index in [1.165, 1.54) is 25.4 Å². The SMILES string of the molecule is CCc1cccc(NC(=O)Nc2ccc(Oc3ccc(F)c(C(=O)NC)c3)nc2)c1. The Morgan fingerprint density at radius 1 is 1.03 bits per heavy atom. The summed E-state index contributed by atoms with van der Waals surface area (Å²) in [5, 5.41) is 7.82. The molecule has 154 valence electrons. The number of nitrogens with zero attached hydrogens (tertiary/aromatic N) is 1. The van der Waals surface area contributed by atoms with Crippen molar-refractivity contribution in [3.05, 3.63) is 77.7 Å². The van der Waals surface area contributed by atoms with Gasteiger partial charge in [-0.25, -0.2) is 14.2 Å². The molecule has 0 fully saturated rings. The molecule has 2 aromatic carbocycles. The molecule has 0 unspecified atom stereocenters. The molecule has 30 heavy (non-hydrogen) atoms. The van der Waals surface area contributed by atoms with E-state index in [0.717, 1.165) is 18.1 Å². The number of urea groups is 1. The van der Waals surface area contributed by atoms with Crippen molar-refractivity contribution >= 4 is 23.3 Å². The molecule has 0 aliphatic heterocycles. The van der Waals surface area contributed by atoms with Gasteiger partial charge in [-0.3, -0.25) is 4.79 Å². The summed E-state index contributed by atoms with van der Waals surface area (Å²) < 4.78 is 19.3. The first kappa shape index (κ1) is 20.8. The van der Waals surface area contributed by atoms with Gasteiger partial charge < -0.3 is 20.7 Å². The molecule has 1 aromatic heterocycles. The number of halogens is 1. The number of carbonyl (C=O) groups excluding carboxylic acids is 2. The first-order valence-electron chi connectivity index (χ1n) is 9.31. The molecular formula is C22H21FN4O3. The van der Waals surface area contributed by atoms with Crippen LogP contribution >= 0.6 is 0 Å². The van der Waals surface area contributed by atoms with Gasteiger partial charge in [-0.05, 0) is 48.4 Å². The van der Waals surface area contributed by atoms with Gasteiger partial charge in [0, 0.05) is 18.8 Å². The predicted molar refractivity (Wildman–Crippen MR) is 113 cm³/mol. The summed E-state index contributed by atoms with van der Waals surface area (Å²) in [7, 11) is 1.42. The lowest BCUT2D eigenvalue weighted by atomic mass is 10.1. The lowest BCUT2D eigenvalue weighted by Gasteiger charge is -2.10. The molecule has 0 bridgehead atoms. The zero-order valence-electron chi connectivity index (χ0n) is 16.5. The summed E-state index contributed by atoms with van der Waals surface area (Å²) in [6, 6.07) is 14.2. The van der Waals surface area contributed by atoms with Crippen LogP contribution in [0, 0.1) is 5.82 Å². The van der Waals surface area contributed by atoms with Crippen molar-refractivity contribution in [2.24, 2.45) is 0 Å². The van der Waals surface area contributed by atoms with Crippen LogP contribution in [-0.2, 0) is 6.42 Å². The Bertz CT molecular complexity index is 1050. The zero-order valence-corrected chi connectivity index (χ0v) is 16.5. The van der Waals surface area contributed by atoms with E-state index in [-0.39, 0.29) is 17.2 Å². The van der Waals surface area contributed by atoms with Crippen LogP contribution in [0.4, 0.5) is 20.6 Å². The van der Waals surface area contributed by atoms with Crippen LogP contribution in [0.1, 0.15) is 22.8 Å². The minimum Gasteiger partial charge on any atom is -0.439 e. The van der Waals surface area contributed by atoms with Crippen LogP contribution in [0.25, 0.3) is 0 Å². The van der Waals surface area contributed by atoms with Crippen LogP contribution in [0.2, 0.25) is 0 Å². The molecule has 0 atom stereocenters. The molecule has 3 amide bonds. The Morgan fingerprint density at radius 3 is 2.53 bits per heavy atom. The second-order valence-electron chi connectivity index (χ2n) is 6.34. The fourth-order valence-corrected chi connectivity index (χ4v) is 2.67. The molecule has 0 saturated carbocycles. The van der Waals surface area contributed by atoms with Crippen molar-refractivity contribution in [2.75, 3.05) is 17.7 Å². The van der Waals surface area contributed by atoms with Crippen molar-refractivity contribution in [2.45, 2.75) is 13.3 Å². The summed E-state index contributed by atoms with van der Waals surface area (Å²) in [6.45, 7) is 2.04. The average molecular weight is 408 g/mol. The number of aryl methyl sites for hydroxylation is 1. The van der Waals surface area contributed by atoms with Crippen LogP contribution in [-0.4, -0.2) is 24.0 Å². The molecule has 0 aliphatic rings. The van der Waals surface area contributed by atoms with E-state index in [9.17, 15) is 14.0 Å². The molecular weight excluding hydrogens is 387 g/mol. The highest BCUT2D eigenvalue weighted by Crippen LogP contribution is 2.23. The van der Waals surface area contributed by atoms with Crippen LogP contribution in [0.3, 0.4) is 0 Å². The second-order valence-corrected chi connectivity index (χ2v) is 6.34. The van der Waals surface area contributed by atoms with Gasteiger partial charge in [-0.2, -0.15) is 0 Å². The number of hydrogen-bond acceptors (Lipinski definition) is 4. The van der Waals surface area contributed by atoms with E-state index < -0.39 is 17.8 Å². The van der Waals surface area contributed by atoms with Gasteiger partial charge in [0.1, 0.15) is 11.6 Å². The highest BCUT2D eigenvalue weighted by Gasteiger charge is 2.12. The van der Waals surface area contributed by atoms with E-state index in [1.54, 1.807) is 12.1 Å². The largest absolute Gasteiger partial charge is 0.439 e. The van der Waals surface area contributed by atoms with E-state index in [1.807, 2.05) is 31.2 Å². The third-order valence-corrected chi connectivity index (χ3v) is 4.22. The van der Waals surface area contributed by atoms with Crippen LogP contribution in [0.15, 0.2) is 60.8 Å². The Morgan fingerprint density at radius 2 is 1.83 bits per heavy atom. The standard InChI is InChI=1S/C22H21FN4O3/c1-3-14-5-4-6-15(11-14)26-22(29)27-16-7-10-20(25-13-16)30-17-8-9-19(23)18(12-17)21(28)24-2/h4-13H,3H2,1-2H3,(H,24,28)(H2,26,27,29). The minimum atomic E-state index is -0.648. The Kier molecular flexibility index (Phi) is 6.59. The Balaban J connectivity index is 1.62. The lowest BCUT2D eigenvalue weighted by Crippen LogP contribution is -2.19. The van der Waals surface area contributed by atoms with Gasteiger partial charge in [-0.1, -0.05) is 19.1 Å². The summed E-state index contributed by atoms with van der Waals surface area (Å²) >= 11 is 0. The number of nitrogens with one attached hydrogen (secondary N) is 3. The average Bonchev–Trinajstić information content (AvgIpc) is 2.76. The number of rotatable bonds is 6. The van der Waals surface area contributed by atoms with E-state index in [0.29, 0.717) is 11.4 Å². The molecule has 3 aromatic rings. The maximum atomic E-state index is 13.7. The molecule has 8 heteroatoms. The van der Waals surface area contributed by atoms with Gasteiger partial charge in [0.15, 0.2) is 0 Å². The molecule has 0 saturated heterocycles. The maximum absolute atomic E-state index is 13.7. The summed E-state index contributed by atoms with van der Waals surface area (Å²) in [6.07, 6.45) is 2.31. The fourth-order valence-electron chi connectivity index (χ4n) is 2.67. The highest BCUT2D eigenvalue weighted by molar-refractivity contribution is 5.99. The first-order valence-corrected chi connectivity index (χ1v) is 9.31. The van der Waals surface area contributed by atoms with E-state index in [2.05, 4.69) is 20.9 Å². The monoisotopic (exact) mass is 408 g/mol. The number of carbonyl (C=O) groups is 2. The van der Waals surface area contributed by atoms with Gasteiger partial charge in [-0.15, -0.1) is 0 Å². The van der Waals surface area contributed by atoms with Crippen molar-refractivity contribution < 1.29 is 18.7 Å². The fraction of sp³-hybridized carbons (Fsp3) is 0.136. The quantitative estimate of drug-likeness (QED) is 0.557. The van der Waals surface area contributed by atoms with Crippen LogP contribution < -0.4 is 20.7 Å². The number of benzene rings is 2. The summed E-state index contributed by atoms with van der Waals surface area (Å²) in [5.41, 5.74) is 2.16. The lowest BCUT2D eigenvalue weighted by molar-refractivity contribution is 0.0958. The summed E-state index contributed by atoms with van der Waals surface area (Å²) in [4.78, 5) is 28.0. The summed E-state index contributed by atoms with van der Waals surface area (Å²) in [5.74, 6) is -0.714. The number of amides is 3. The molecule has 1 heterocycles. The van der Waals surface area contributed by atoms with Gasteiger partial charge in [0.2, 0.25) is 5.88 Å². The minimum absolute atomic E-state index is 0.128. The van der Waals surface area contributed by atoms with E-state index in [4.69, 9.17) is 4.74 Å². The number of anilines is 2. The zero-order chi connectivity index (χ0) is 21.5. The van der Waals surface area contributed by atoms with Crippen molar-refractivity contribution in [1.29, 1.82) is 0 Å². The number of ether oxygens (including phenoxy) is 1. The molecule has 3 rings (SSSR count). The molecule has 0 aliphatic carbocycles. The predicted octanol–water partition coefficient (Wildman–Crippen LogP) is 4.58. The van der Waals surface area contributed by atoms with Crippen LogP contribution in [0.5, 0.6) is 11.6 Å². The maximum Gasteiger partial charge on any atom is 0.323 e. The topological polar surface area (TPSA) is 92.4 Å². The van der Waals surface area contributed by atoms with Gasteiger partial charge in [0.25, 0.3) is 5.91 Å². The molecule has 0 radical (unpaired) electrons. The molecule has 7 nitrogen and oxygen atoms in total. The highest BCUT2D eigenvalue weighted by atomic mass is 19.1. The Labute approximate surface area is 173 Å². The molecule has 0 spiro atoms. The van der Waals surface area contributed by atoms with Crippen molar-refractivity contribution in [3.8, 4) is 11.6 Å². The van der Waals surface area contributed by atoms with Crippen molar-refractivity contribution in [1.82, 2.24) is 10.3 Å². The van der Waals surface area contributed by atoms with Crippen molar-refractivity contribution in [3.63, 3.8) is 0 Å². The smallest absolute Gasteiger partial charge is 0.323 e. The number of pyridine rings is 1. The third-order valence-electron chi connectivity index (χ3n) is 4.22. The first-order chi connectivity index (χ1) is 14.5. The normalized spacial score (nSPS) is 10.2. The van der Waals surface area contributed by atoms with Gasteiger partial charge in [0.05, 0.1) is 17.4 Å².